The van der Waals surface area contributed by atoms with Gasteiger partial charge >= 0.3 is 0 Å². The topological polar surface area (TPSA) is 27.7 Å². The molecule has 0 spiro atoms. The summed E-state index contributed by atoms with van der Waals surface area (Å²) in [4.78, 5) is 10.8. The Hall–Kier alpha value is -1.32. The van der Waals surface area contributed by atoms with E-state index >= 15 is 0 Å². The summed E-state index contributed by atoms with van der Waals surface area (Å²) in [7, 11) is 0. The normalized spacial score (nSPS) is 11.4. The van der Waals surface area contributed by atoms with Gasteiger partial charge in [0.15, 0.2) is 0 Å². The molecule has 0 aromatic carbocycles. The van der Waals surface area contributed by atoms with Crippen LogP contribution in [0.25, 0.3) is 29.3 Å². The standard InChI is InChI=1S/C25H28O3S4/c1-3-26-14-15-28-17-16-27-13-12-19-5-7-21(30-19)23-9-11-25(32-23)24-10-8-22(31-24)20-6-4-18(2)29-20/h4-11H,3,12-17H2,1-2H3. The highest BCUT2D eigenvalue weighted by Gasteiger charge is 2.11. The van der Waals surface area contributed by atoms with Crippen LogP contribution in [0.15, 0.2) is 48.5 Å². The molecule has 0 aliphatic rings. The lowest BCUT2D eigenvalue weighted by atomic mass is 10.3. The molecular formula is C25H28O3S4. The minimum Gasteiger partial charge on any atom is -0.379 e. The van der Waals surface area contributed by atoms with Crippen molar-refractivity contribution < 1.29 is 14.2 Å². The highest BCUT2D eigenvalue weighted by atomic mass is 32.1. The Labute approximate surface area is 206 Å². The van der Waals surface area contributed by atoms with Crippen LogP contribution in [0.3, 0.4) is 0 Å². The number of ether oxygens (including phenoxy) is 3. The summed E-state index contributed by atoms with van der Waals surface area (Å²) in [5.74, 6) is 0. The van der Waals surface area contributed by atoms with Gasteiger partial charge in [-0.15, -0.1) is 45.3 Å². The van der Waals surface area contributed by atoms with Crippen LogP contribution in [0.4, 0.5) is 0 Å². The van der Waals surface area contributed by atoms with Crippen molar-refractivity contribution in [3.63, 3.8) is 0 Å². The number of thiophene rings is 4. The Bertz CT molecular complexity index is 1090. The third-order valence-electron chi connectivity index (χ3n) is 4.78. The van der Waals surface area contributed by atoms with Crippen LogP contribution in [0.5, 0.6) is 0 Å². The van der Waals surface area contributed by atoms with Gasteiger partial charge < -0.3 is 14.2 Å². The summed E-state index contributed by atoms with van der Waals surface area (Å²) >= 11 is 7.48. The molecule has 4 aromatic heterocycles. The lowest BCUT2D eigenvalue weighted by Gasteiger charge is -2.05. The molecule has 0 N–H and O–H groups in total. The summed E-state index contributed by atoms with van der Waals surface area (Å²) in [5.41, 5.74) is 0. The van der Waals surface area contributed by atoms with E-state index in [0.29, 0.717) is 26.4 Å². The van der Waals surface area contributed by atoms with Crippen LogP contribution >= 0.6 is 45.3 Å². The first kappa shape index (κ1) is 23.8. The van der Waals surface area contributed by atoms with Gasteiger partial charge in [0.05, 0.1) is 33.0 Å². The largest absolute Gasteiger partial charge is 0.379 e. The Morgan fingerprint density at radius 1 is 0.531 bits per heavy atom. The van der Waals surface area contributed by atoms with Crippen molar-refractivity contribution >= 4 is 45.3 Å². The predicted molar refractivity (Wildman–Crippen MR) is 141 cm³/mol. The third-order valence-corrected chi connectivity index (χ3v) is 9.69. The van der Waals surface area contributed by atoms with E-state index in [-0.39, 0.29) is 0 Å². The summed E-state index contributed by atoms with van der Waals surface area (Å²) in [6.45, 7) is 8.15. The van der Waals surface area contributed by atoms with Gasteiger partial charge in [0.2, 0.25) is 0 Å². The second-order valence-corrected chi connectivity index (χ2v) is 11.8. The molecule has 7 heteroatoms. The fraction of sp³-hybridized carbons (Fsp3) is 0.360. The van der Waals surface area contributed by atoms with E-state index in [9.17, 15) is 0 Å². The maximum Gasteiger partial charge on any atom is 0.0701 e. The second kappa shape index (κ2) is 12.2. The van der Waals surface area contributed by atoms with Crippen LogP contribution in [-0.2, 0) is 20.6 Å². The minimum atomic E-state index is 0.622. The van der Waals surface area contributed by atoms with Crippen LogP contribution in [-0.4, -0.2) is 39.6 Å². The molecule has 0 radical (unpaired) electrons. The smallest absolute Gasteiger partial charge is 0.0701 e. The SMILES string of the molecule is CCOCCOCCOCCc1ccc(-c2ccc(-c3ccc(-c4ccc(C)s4)s3)s2)s1. The maximum atomic E-state index is 5.71. The van der Waals surface area contributed by atoms with Crippen LogP contribution in [0, 0.1) is 6.92 Å². The van der Waals surface area contributed by atoms with Gasteiger partial charge in [-0.25, -0.2) is 0 Å². The zero-order chi connectivity index (χ0) is 22.2. The molecule has 0 fully saturated rings. The molecule has 32 heavy (non-hydrogen) atoms. The molecule has 4 aromatic rings. The molecule has 0 amide bonds. The maximum absolute atomic E-state index is 5.71. The van der Waals surface area contributed by atoms with Gasteiger partial charge in [-0.2, -0.15) is 0 Å². The minimum absolute atomic E-state index is 0.622. The van der Waals surface area contributed by atoms with Gasteiger partial charge in [0.1, 0.15) is 0 Å². The first-order chi connectivity index (χ1) is 15.7. The molecule has 0 saturated carbocycles. The fourth-order valence-electron chi connectivity index (χ4n) is 3.17. The zero-order valence-electron chi connectivity index (χ0n) is 18.4. The van der Waals surface area contributed by atoms with E-state index < -0.39 is 0 Å². The Kier molecular flexibility index (Phi) is 9.11. The van der Waals surface area contributed by atoms with E-state index in [1.165, 1.54) is 39.0 Å². The Balaban J connectivity index is 1.25. The first-order valence-corrected chi connectivity index (χ1v) is 14.1. The summed E-state index contributed by atoms with van der Waals surface area (Å²) in [6, 6.07) is 17.9. The third kappa shape index (κ3) is 6.60. The number of aryl methyl sites for hydroxylation is 1. The van der Waals surface area contributed by atoms with Gasteiger partial charge in [-0.1, -0.05) is 0 Å². The molecule has 0 atom stereocenters. The molecule has 0 aliphatic carbocycles. The quantitative estimate of drug-likeness (QED) is 0.173. The highest BCUT2D eigenvalue weighted by Crippen LogP contribution is 2.42. The Morgan fingerprint density at radius 2 is 1.00 bits per heavy atom. The number of rotatable bonds is 13. The van der Waals surface area contributed by atoms with E-state index in [1.807, 2.05) is 52.3 Å². The fourth-order valence-corrected chi connectivity index (χ4v) is 7.31. The van der Waals surface area contributed by atoms with Gasteiger partial charge in [0, 0.05) is 52.0 Å². The van der Waals surface area contributed by atoms with Gasteiger partial charge in [-0.05, 0) is 62.4 Å². The molecule has 0 bridgehead atoms. The summed E-state index contributed by atoms with van der Waals surface area (Å²) < 4.78 is 16.4. The van der Waals surface area contributed by atoms with Crippen LogP contribution in [0.2, 0.25) is 0 Å². The van der Waals surface area contributed by atoms with Crippen LogP contribution in [0.1, 0.15) is 16.7 Å². The molecule has 3 nitrogen and oxygen atoms in total. The highest BCUT2D eigenvalue weighted by molar-refractivity contribution is 7.28. The van der Waals surface area contributed by atoms with Crippen molar-refractivity contribution in [2.45, 2.75) is 20.3 Å². The molecule has 0 aliphatic heterocycles. The van der Waals surface area contributed by atoms with Crippen molar-refractivity contribution in [3.8, 4) is 29.3 Å². The molecule has 4 rings (SSSR count). The van der Waals surface area contributed by atoms with Gasteiger partial charge in [0.25, 0.3) is 0 Å². The van der Waals surface area contributed by atoms with Crippen molar-refractivity contribution in [3.05, 3.63) is 58.3 Å². The second-order valence-electron chi connectivity index (χ2n) is 7.18. The zero-order valence-corrected chi connectivity index (χ0v) is 21.7. The van der Waals surface area contributed by atoms with Gasteiger partial charge in [-0.3, -0.25) is 0 Å². The van der Waals surface area contributed by atoms with E-state index in [0.717, 1.165) is 19.6 Å². The summed E-state index contributed by atoms with van der Waals surface area (Å²) in [5, 5.41) is 0. The first-order valence-electron chi connectivity index (χ1n) is 10.8. The van der Waals surface area contributed by atoms with E-state index in [1.54, 1.807) is 0 Å². The lowest BCUT2D eigenvalue weighted by Crippen LogP contribution is -2.10. The van der Waals surface area contributed by atoms with Crippen molar-refractivity contribution in [1.29, 1.82) is 0 Å². The van der Waals surface area contributed by atoms with Crippen molar-refractivity contribution in [2.75, 3.05) is 39.6 Å². The molecule has 0 unspecified atom stereocenters. The number of hydrogen-bond acceptors (Lipinski definition) is 7. The van der Waals surface area contributed by atoms with Crippen LogP contribution < -0.4 is 0 Å². The van der Waals surface area contributed by atoms with Crippen molar-refractivity contribution in [1.82, 2.24) is 0 Å². The lowest BCUT2D eigenvalue weighted by molar-refractivity contribution is 0.0176. The van der Waals surface area contributed by atoms with E-state index in [4.69, 9.17) is 14.2 Å². The average Bonchev–Trinajstić information content (AvgIpc) is 3.58. The molecule has 170 valence electrons. The molecule has 0 saturated heterocycles. The van der Waals surface area contributed by atoms with E-state index in [2.05, 4.69) is 55.5 Å². The average molecular weight is 505 g/mol. The molecular weight excluding hydrogens is 477 g/mol. The monoisotopic (exact) mass is 504 g/mol. The Morgan fingerprint density at radius 3 is 1.56 bits per heavy atom. The summed E-state index contributed by atoms with van der Waals surface area (Å²) in [6.07, 6.45) is 0.941. The molecule has 4 heterocycles. The van der Waals surface area contributed by atoms with Crippen molar-refractivity contribution in [2.24, 2.45) is 0 Å². The predicted octanol–water partition coefficient (Wildman–Crippen LogP) is 7.85. The number of hydrogen-bond donors (Lipinski definition) is 0.